The second kappa shape index (κ2) is 13.6. The van der Waals surface area contributed by atoms with Gasteiger partial charge in [-0.15, -0.1) is 0 Å². The minimum atomic E-state index is -0.613. The normalized spacial score (nSPS) is 32.2. The van der Waals surface area contributed by atoms with Crippen LogP contribution in [0.1, 0.15) is 83.8 Å². The molecule has 0 spiro atoms. The number of aliphatic hydroxyl groups is 1. The number of fused-ring (bicyclic) bond motifs is 2. The molecule has 42 heavy (non-hydrogen) atoms. The number of hydroxylamine groups is 2. The molecule has 4 aliphatic carbocycles. The van der Waals surface area contributed by atoms with Crippen molar-refractivity contribution in [1.82, 2.24) is 20.2 Å². The molecule has 0 unspecified atom stereocenters. The van der Waals surface area contributed by atoms with E-state index in [1.807, 2.05) is 5.06 Å². The summed E-state index contributed by atoms with van der Waals surface area (Å²) < 4.78 is 0. The van der Waals surface area contributed by atoms with Crippen molar-refractivity contribution in [1.29, 1.82) is 0 Å². The summed E-state index contributed by atoms with van der Waals surface area (Å²) in [6, 6.07) is 8.52. The zero-order valence-electron chi connectivity index (χ0n) is 27.2. The smallest absolute Gasteiger partial charge is 0.240 e. The van der Waals surface area contributed by atoms with Gasteiger partial charge in [0.05, 0.1) is 19.3 Å². The number of nitrogens with one attached hydrogen (secondary N) is 1. The molecule has 7 atom stereocenters. The Morgan fingerprint density at radius 1 is 1.14 bits per heavy atom. The SMILES string of the molecule is C[C@@H]1[C@@H](NC(=O)[C@@H]2[C@H]([C@H](C)O)CON2Cc2cccc(CN(CCN(C)C)CC3CCCCC3)c2)C[C@H]2C[C@@H]1C2(C)C. The van der Waals surface area contributed by atoms with Gasteiger partial charge in [-0.3, -0.25) is 14.5 Å². The van der Waals surface area contributed by atoms with E-state index in [0.717, 1.165) is 37.5 Å². The van der Waals surface area contributed by atoms with Gasteiger partial charge in [-0.1, -0.05) is 64.3 Å². The van der Waals surface area contributed by atoms with E-state index in [-0.39, 0.29) is 17.9 Å². The van der Waals surface area contributed by atoms with Crippen LogP contribution in [0.3, 0.4) is 0 Å². The molecule has 1 aromatic carbocycles. The molecule has 5 fully saturated rings. The fraction of sp³-hybridized carbons (Fsp3) is 0.800. The standard InChI is InChI=1S/C35H58N4O3/c1-24-31-18-29(35(31,3)4)19-32(24)36-34(41)33-30(25(2)40)23-42-39(33)22-28-14-10-13-27(17-28)21-38(16-15-37(5)6)20-26-11-8-7-9-12-26/h10,13-14,17,24-26,29-33,40H,7-9,11-12,15-16,18-23H2,1-6H3,(H,36,41)/t24-,25-,29+,30-,31-,32-,33-/m0/s1. The van der Waals surface area contributed by atoms with Gasteiger partial charge in [-0.2, -0.15) is 5.06 Å². The first-order valence-electron chi connectivity index (χ1n) is 16.9. The summed E-state index contributed by atoms with van der Waals surface area (Å²) in [7, 11) is 4.31. The number of rotatable bonds is 12. The van der Waals surface area contributed by atoms with Gasteiger partial charge < -0.3 is 15.3 Å². The first-order valence-corrected chi connectivity index (χ1v) is 16.9. The van der Waals surface area contributed by atoms with Gasteiger partial charge in [0, 0.05) is 38.1 Å². The van der Waals surface area contributed by atoms with E-state index in [9.17, 15) is 9.90 Å². The van der Waals surface area contributed by atoms with Gasteiger partial charge in [0.15, 0.2) is 0 Å². The predicted molar refractivity (Wildman–Crippen MR) is 168 cm³/mol. The lowest BCUT2D eigenvalue weighted by Crippen LogP contribution is -2.62. The van der Waals surface area contributed by atoms with Crippen LogP contribution in [0, 0.1) is 35.0 Å². The average molecular weight is 583 g/mol. The quantitative estimate of drug-likeness (QED) is 0.364. The zero-order valence-corrected chi connectivity index (χ0v) is 27.2. The summed E-state index contributed by atoms with van der Waals surface area (Å²) in [6.45, 7) is 14.0. The molecule has 2 bridgehead atoms. The van der Waals surface area contributed by atoms with Gasteiger partial charge in [-0.25, -0.2) is 0 Å². The fourth-order valence-corrected chi connectivity index (χ4v) is 8.62. The topological polar surface area (TPSA) is 68.3 Å². The number of benzene rings is 1. The first-order chi connectivity index (χ1) is 20.0. The molecule has 0 radical (unpaired) electrons. The van der Waals surface area contributed by atoms with Crippen LogP contribution in [0.5, 0.6) is 0 Å². The van der Waals surface area contributed by atoms with Crippen molar-refractivity contribution in [2.75, 3.05) is 40.3 Å². The van der Waals surface area contributed by atoms with E-state index in [1.54, 1.807) is 6.92 Å². The Bertz CT molecular complexity index is 1040. The van der Waals surface area contributed by atoms with Crippen molar-refractivity contribution in [3.05, 3.63) is 35.4 Å². The molecule has 1 heterocycles. The molecule has 5 aliphatic rings. The summed E-state index contributed by atoms with van der Waals surface area (Å²) in [5.74, 6) is 2.40. The van der Waals surface area contributed by atoms with Crippen LogP contribution in [0.2, 0.25) is 0 Å². The van der Waals surface area contributed by atoms with Crippen LogP contribution in [0.15, 0.2) is 24.3 Å². The van der Waals surface area contributed by atoms with Crippen LogP contribution >= 0.6 is 0 Å². The Labute approximate surface area is 255 Å². The number of hydrogen-bond donors (Lipinski definition) is 2. The molecule has 2 N–H and O–H groups in total. The van der Waals surface area contributed by atoms with Crippen LogP contribution in [0.4, 0.5) is 0 Å². The minimum absolute atomic E-state index is 0.00727. The highest BCUT2D eigenvalue weighted by Crippen LogP contribution is 2.61. The molecular weight excluding hydrogens is 524 g/mol. The second-order valence-electron chi connectivity index (χ2n) is 15.2. The molecule has 7 heteroatoms. The Hall–Kier alpha value is -1.51. The lowest BCUT2D eigenvalue weighted by Gasteiger charge is -2.62. The largest absolute Gasteiger partial charge is 0.393 e. The highest BCUT2D eigenvalue weighted by atomic mass is 16.7. The van der Waals surface area contributed by atoms with E-state index < -0.39 is 12.1 Å². The molecule has 1 saturated heterocycles. The lowest BCUT2D eigenvalue weighted by molar-refractivity contribution is -0.161. The third-order valence-electron chi connectivity index (χ3n) is 11.6. The molecule has 7 nitrogen and oxygen atoms in total. The van der Waals surface area contributed by atoms with Crippen molar-refractivity contribution in [2.45, 2.75) is 104 Å². The third-order valence-corrected chi connectivity index (χ3v) is 11.6. The molecular formula is C35H58N4O3. The van der Waals surface area contributed by atoms with Crippen LogP contribution in [-0.2, 0) is 22.7 Å². The molecule has 1 aromatic rings. The van der Waals surface area contributed by atoms with Crippen molar-refractivity contribution in [3.8, 4) is 0 Å². The average Bonchev–Trinajstić information content (AvgIpc) is 3.37. The Morgan fingerprint density at radius 2 is 1.88 bits per heavy atom. The van der Waals surface area contributed by atoms with E-state index >= 15 is 0 Å². The van der Waals surface area contributed by atoms with Crippen molar-refractivity contribution in [2.24, 2.45) is 35.0 Å². The third kappa shape index (κ3) is 7.23. The number of likely N-dealkylation sites (N-methyl/N-ethyl adjacent to an activating group) is 1. The summed E-state index contributed by atoms with van der Waals surface area (Å²) in [5, 5.41) is 15.9. The number of amides is 1. The maximum atomic E-state index is 13.8. The van der Waals surface area contributed by atoms with Crippen LogP contribution in [0.25, 0.3) is 0 Å². The van der Waals surface area contributed by atoms with Gasteiger partial charge >= 0.3 is 0 Å². The van der Waals surface area contributed by atoms with E-state index in [0.29, 0.717) is 36.3 Å². The number of carbonyl (C=O) groups is 1. The van der Waals surface area contributed by atoms with Crippen molar-refractivity contribution >= 4 is 5.91 Å². The van der Waals surface area contributed by atoms with Crippen molar-refractivity contribution in [3.63, 3.8) is 0 Å². The van der Waals surface area contributed by atoms with Crippen molar-refractivity contribution < 1.29 is 14.7 Å². The second-order valence-corrected chi connectivity index (χ2v) is 15.2. The fourth-order valence-electron chi connectivity index (χ4n) is 8.62. The zero-order chi connectivity index (χ0) is 30.0. The highest BCUT2D eigenvalue weighted by Gasteiger charge is 2.57. The Balaban J connectivity index is 1.24. The molecule has 1 aliphatic heterocycles. The van der Waals surface area contributed by atoms with E-state index in [2.05, 4.69) is 74.2 Å². The van der Waals surface area contributed by atoms with Gasteiger partial charge in [0.25, 0.3) is 0 Å². The summed E-state index contributed by atoms with van der Waals surface area (Å²) >= 11 is 0. The van der Waals surface area contributed by atoms with E-state index in [4.69, 9.17) is 4.84 Å². The van der Waals surface area contributed by atoms with Crippen LogP contribution in [-0.4, -0.2) is 84.4 Å². The number of aliphatic hydroxyl groups excluding tert-OH is 1. The maximum Gasteiger partial charge on any atom is 0.240 e. The van der Waals surface area contributed by atoms with Gasteiger partial charge in [-0.05, 0) is 86.9 Å². The molecule has 1 amide bonds. The van der Waals surface area contributed by atoms with E-state index in [1.165, 1.54) is 50.6 Å². The molecule has 6 rings (SSSR count). The summed E-state index contributed by atoms with van der Waals surface area (Å²) in [6.07, 6.45) is 8.59. The predicted octanol–water partition coefficient (Wildman–Crippen LogP) is 4.93. The Kier molecular flexibility index (Phi) is 10.4. The van der Waals surface area contributed by atoms with Gasteiger partial charge in [0.1, 0.15) is 6.04 Å². The minimum Gasteiger partial charge on any atom is -0.393 e. The molecule has 4 saturated carbocycles. The summed E-state index contributed by atoms with van der Waals surface area (Å²) in [5.41, 5.74) is 2.84. The molecule has 0 aromatic heterocycles. The maximum absolute atomic E-state index is 13.8. The van der Waals surface area contributed by atoms with Crippen LogP contribution < -0.4 is 5.32 Å². The number of nitrogens with zero attached hydrogens (tertiary/aromatic N) is 3. The highest BCUT2D eigenvalue weighted by molar-refractivity contribution is 5.82. The van der Waals surface area contributed by atoms with Gasteiger partial charge in [0.2, 0.25) is 5.91 Å². The monoisotopic (exact) mass is 582 g/mol. The number of hydrogen-bond acceptors (Lipinski definition) is 6. The molecule has 236 valence electrons. The Morgan fingerprint density at radius 3 is 2.55 bits per heavy atom. The number of carbonyl (C=O) groups excluding carboxylic acids is 1. The lowest BCUT2D eigenvalue weighted by atomic mass is 9.45. The summed E-state index contributed by atoms with van der Waals surface area (Å²) in [4.78, 5) is 24.9. The first kappa shape index (κ1) is 31.9.